The third-order valence-electron chi connectivity index (χ3n) is 3.08. The Hall–Kier alpha value is -0.870. The summed E-state index contributed by atoms with van der Waals surface area (Å²) in [6.45, 7) is 2.37. The Labute approximate surface area is 90.3 Å². The Kier molecular flexibility index (Phi) is 3.38. The summed E-state index contributed by atoms with van der Waals surface area (Å²) in [6.07, 6.45) is 3.16. The lowest BCUT2D eigenvalue weighted by Gasteiger charge is -2.20. The second kappa shape index (κ2) is 4.77. The molecule has 0 aromatic carbocycles. The van der Waals surface area contributed by atoms with Crippen LogP contribution >= 0.6 is 0 Å². The molecule has 1 fully saturated rings. The molecule has 15 heavy (non-hydrogen) atoms. The topological polar surface area (TPSA) is 50.1 Å². The van der Waals surface area contributed by atoms with E-state index in [1.807, 2.05) is 11.7 Å². The number of aliphatic hydroxyl groups is 1. The van der Waals surface area contributed by atoms with Gasteiger partial charge in [0.1, 0.15) is 0 Å². The minimum Gasteiger partial charge on any atom is -0.396 e. The van der Waals surface area contributed by atoms with Crippen LogP contribution in [0.3, 0.4) is 0 Å². The number of piperidine rings is 1. The number of rotatable bonds is 3. The smallest absolute Gasteiger partial charge is 0.0670 e. The van der Waals surface area contributed by atoms with Crippen molar-refractivity contribution >= 4 is 0 Å². The molecule has 1 aromatic heterocycles. The van der Waals surface area contributed by atoms with E-state index in [2.05, 4.69) is 16.5 Å². The molecular formula is C11H19N3O. The number of aliphatic hydroxyl groups excluding tert-OH is 1. The Morgan fingerprint density at radius 1 is 1.67 bits per heavy atom. The third-order valence-corrected chi connectivity index (χ3v) is 3.08. The fraction of sp³-hybridized carbons (Fsp3) is 0.727. The molecule has 0 aliphatic carbocycles. The molecule has 0 spiro atoms. The van der Waals surface area contributed by atoms with Gasteiger partial charge in [0.05, 0.1) is 5.69 Å². The molecule has 1 aliphatic heterocycles. The summed E-state index contributed by atoms with van der Waals surface area (Å²) < 4.78 is 1.89. The lowest BCUT2D eigenvalue weighted by Crippen LogP contribution is -2.28. The van der Waals surface area contributed by atoms with Gasteiger partial charge in [-0.05, 0) is 25.5 Å². The van der Waals surface area contributed by atoms with Gasteiger partial charge in [-0.2, -0.15) is 5.10 Å². The summed E-state index contributed by atoms with van der Waals surface area (Å²) >= 11 is 0. The van der Waals surface area contributed by atoms with E-state index in [9.17, 15) is 0 Å². The van der Waals surface area contributed by atoms with Gasteiger partial charge in [-0.3, -0.25) is 4.68 Å². The molecule has 1 unspecified atom stereocenters. The zero-order chi connectivity index (χ0) is 10.7. The molecular weight excluding hydrogens is 190 g/mol. The Bertz CT molecular complexity index is 316. The van der Waals surface area contributed by atoms with Crippen LogP contribution in [-0.2, 0) is 13.5 Å². The standard InChI is InChI=1S/C11H19N3O/c1-14-10(4-6-15)7-11(13-14)9-3-2-5-12-8-9/h7,9,12,15H,2-6,8H2,1H3. The van der Waals surface area contributed by atoms with Crippen molar-refractivity contribution in [2.24, 2.45) is 7.05 Å². The fourth-order valence-electron chi connectivity index (χ4n) is 2.18. The average molecular weight is 209 g/mol. The first-order valence-electron chi connectivity index (χ1n) is 5.65. The molecule has 1 atom stereocenters. The van der Waals surface area contributed by atoms with E-state index in [0.29, 0.717) is 12.3 Å². The van der Waals surface area contributed by atoms with E-state index in [4.69, 9.17) is 5.11 Å². The highest BCUT2D eigenvalue weighted by Crippen LogP contribution is 2.22. The van der Waals surface area contributed by atoms with Crippen molar-refractivity contribution in [3.63, 3.8) is 0 Å². The normalized spacial score (nSPS) is 21.9. The molecule has 84 valence electrons. The predicted octanol–water partition coefficient (Wildman–Crippen LogP) is 0.422. The SMILES string of the molecule is Cn1nc(C2CCCNC2)cc1CCO. The van der Waals surface area contributed by atoms with Gasteiger partial charge in [0.25, 0.3) is 0 Å². The molecule has 0 radical (unpaired) electrons. The molecule has 1 saturated heterocycles. The second-order valence-corrected chi connectivity index (χ2v) is 4.20. The van der Waals surface area contributed by atoms with Gasteiger partial charge in [0.15, 0.2) is 0 Å². The highest BCUT2D eigenvalue weighted by molar-refractivity contribution is 5.15. The summed E-state index contributed by atoms with van der Waals surface area (Å²) in [5.41, 5.74) is 2.30. The van der Waals surface area contributed by atoms with Crippen LogP contribution in [0.25, 0.3) is 0 Å². The van der Waals surface area contributed by atoms with Crippen LogP contribution in [0, 0.1) is 0 Å². The monoisotopic (exact) mass is 209 g/mol. The van der Waals surface area contributed by atoms with Crippen LogP contribution in [0.2, 0.25) is 0 Å². The van der Waals surface area contributed by atoms with Crippen molar-refractivity contribution in [2.75, 3.05) is 19.7 Å². The summed E-state index contributed by atoms with van der Waals surface area (Å²) in [5.74, 6) is 0.553. The molecule has 4 nitrogen and oxygen atoms in total. The zero-order valence-corrected chi connectivity index (χ0v) is 9.24. The summed E-state index contributed by atoms with van der Waals surface area (Å²) in [6, 6.07) is 2.13. The maximum absolute atomic E-state index is 8.91. The number of nitrogens with one attached hydrogen (secondary N) is 1. The maximum atomic E-state index is 8.91. The van der Waals surface area contributed by atoms with Gasteiger partial charge in [-0.15, -0.1) is 0 Å². The van der Waals surface area contributed by atoms with E-state index >= 15 is 0 Å². The van der Waals surface area contributed by atoms with Gasteiger partial charge in [-0.25, -0.2) is 0 Å². The second-order valence-electron chi connectivity index (χ2n) is 4.20. The lowest BCUT2D eigenvalue weighted by molar-refractivity contribution is 0.296. The Morgan fingerprint density at radius 2 is 2.53 bits per heavy atom. The Balaban J connectivity index is 2.10. The molecule has 1 aliphatic rings. The van der Waals surface area contributed by atoms with E-state index in [1.165, 1.54) is 18.5 Å². The van der Waals surface area contributed by atoms with Crippen molar-refractivity contribution in [3.05, 3.63) is 17.5 Å². The number of hydrogen-bond acceptors (Lipinski definition) is 3. The van der Waals surface area contributed by atoms with E-state index < -0.39 is 0 Å². The number of nitrogens with zero attached hydrogens (tertiary/aromatic N) is 2. The molecule has 2 rings (SSSR count). The minimum atomic E-state index is 0.196. The van der Waals surface area contributed by atoms with Crippen LogP contribution in [0.5, 0.6) is 0 Å². The van der Waals surface area contributed by atoms with Gasteiger partial charge in [0, 0.05) is 38.2 Å². The summed E-state index contributed by atoms with van der Waals surface area (Å²) in [7, 11) is 1.95. The summed E-state index contributed by atoms with van der Waals surface area (Å²) in [5, 5.41) is 16.8. The number of hydrogen-bond donors (Lipinski definition) is 2. The van der Waals surface area contributed by atoms with Gasteiger partial charge in [0.2, 0.25) is 0 Å². The average Bonchev–Trinajstić information content (AvgIpc) is 2.63. The largest absolute Gasteiger partial charge is 0.396 e. The zero-order valence-electron chi connectivity index (χ0n) is 9.24. The first-order chi connectivity index (χ1) is 7.31. The predicted molar refractivity (Wildman–Crippen MR) is 58.8 cm³/mol. The molecule has 0 saturated carbocycles. The molecule has 1 aromatic rings. The van der Waals surface area contributed by atoms with Crippen LogP contribution in [0.1, 0.15) is 30.1 Å². The number of aryl methyl sites for hydroxylation is 1. The molecule has 4 heteroatoms. The van der Waals surface area contributed by atoms with Gasteiger partial charge >= 0.3 is 0 Å². The van der Waals surface area contributed by atoms with Crippen molar-refractivity contribution in [1.82, 2.24) is 15.1 Å². The molecule has 2 N–H and O–H groups in total. The highest BCUT2D eigenvalue weighted by Gasteiger charge is 2.18. The van der Waals surface area contributed by atoms with Crippen LogP contribution in [-0.4, -0.2) is 34.6 Å². The van der Waals surface area contributed by atoms with Crippen molar-refractivity contribution in [2.45, 2.75) is 25.2 Å². The molecule has 0 bridgehead atoms. The molecule has 0 amide bonds. The third kappa shape index (κ3) is 2.38. The van der Waals surface area contributed by atoms with E-state index in [1.54, 1.807) is 0 Å². The fourth-order valence-corrected chi connectivity index (χ4v) is 2.18. The first-order valence-corrected chi connectivity index (χ1v) is 5.65. The van der Waals surface area contributed by atoms with Gasteiger partial charge < -0.3 is 10.4 Å². The van der Waals surface area contributed by atoms with Crippen molar-refractivity contribution in [3.8, 4) is 0 Å². The number of aromatic nitrogens is 2. The van der Waals surface area contributed by atoms with Crippen LogP contribution < -0.4 is 5.32 Å². The van der Waals surface area contributed by atoms with E-state index in [0.717, 1.165) is 18.8 Å². The van der Waals surface area contributed by atoms with Crippen LogP contribution in [0.4, 0.5) is 0 Å². The quantitative estimate of drug-likeness (QED) is 0.758. The van der Waals surface area contributed by atoms with E-state index in [-0.39, 0.29) is 6.61 Å². The minimum absolute atomic E-state index is 0.196. The van der Waals surface area contributed by atoms with Crippen LogP contribution in [0.15, 0.2) is 6.07 Å². The van der Waals surface area contributed by atoms with Crippen molar-refractivity contribution < 1.29 is 5.11 Å². The molecule has 2 heterocycles. The van der Waals surface area contributed by atoms with Crippen molar-refractivity contribution in [1.29, 1.82) is 0 Å². The van der Waals surface area contributed by atoms with Gasteiger partial charge in [-0.1, -0.05) is 0 Å². The Morgan fingerprint density at radius 3 is 3.20 bits per heavy atom. The highest BCUT2D eigenvalue weighted by atomic mass is 16.3. The summed E-state index contributed by atoms with van der Waals surface area (Å²) in [4.78, 5) is 0. The first kappa shape index (κ1) is 10.6. The lowest BCUT2D eigenvalue weighted by atomic mass is 9.96. The maximum Gasteiger partial charge on any atom is 0.0670 e.